The third-order valence-corrected chi connectivity index (χ3v) is 4.44. The maximum Gasteiger partial charge on any atom is 0.308 e. The number of aliphatic carboxylic acids is 1. The summed E-state index contributed by atoms with van der Waals surface area (Å²) in [5, 5.41) is 9.22. The summed E-state index contributed by atoms with van der Waals surface area (Å²) in [6.07, 6.45) is 1.32. The Morgan fingerprint density at radius 1 is 1.30 bits per heavy atom. The van der Waals surface area contributed by atoms with Crippen molar-refractivity contribution in [3.05, 3.63) is 28.2 Å². The van der Waals surface area contributed by atoms with Gasteiger partial charge in [0.25, 0.3) is 5.91 Å². The van der Waals surface area contributed by atoms with E-state index in [-0.39, 0.29) is 24.6 Å². The molecule has 1 aliphatic rings. The van der Waals surface area contributed by atoms with Crippen molar-refractivity contribution >= 4 is 27.8 Å². The molecule has 1 fully saturated rings. The van der Waals surface area contributed by atoms with Gasteiger partial charge in [0.1, 0.15) is 5.75 Å². The second-order valence-corrected chi connectivity index (χ2v) is 7.18. The number of nitrogens with zero attached hydrogens (tertiary/aromatic N) is 1. The number of carbonyl (C=O) groups excluding carboxylic acids is 1. The molecule has 6 heteroatoms. The lowest BCUT2D eigenvalue weighted by atomic mass is 9.93. The van der Waals surface area contributed by atoms with Gasteiger partial charge in [-0.1, -0.05) is 15.9 Å². The first kappa shape index (κ1) is 17.8. The predicted molar refractivity (Wildman–Crippen MR) is 90.8 cm³/mol. The molecule has 2 rings (SSSR count). The van der Waals surface area contributed by atoms with E-state index >= 15 is 0 Å². The first-order chi connectivity index (χ1) is 10.8. The molecule has 126 valence electrons. The van der Waals surface area contributed by atoms with Crippen molar-refractivity contribution in [1.82, 2.24) is 4.90 Å². The van der Waals surface area contributed by atoms with Gasteiger partial charge in [-0.2, -0.15) is 0 Å². The fourth-order valence-corrected chi connectivity index (χ4v) is 3.26. The maximum absolute atomic E-state index is 12.8. The number of amides is 1. The number of hydrogen-bond donors (Lipinski definition) is 1. The molecule has 0 radical (unpaired) electrons. The highest BCUT2D eigenvalue weighted by Crippen LogP contribution is 2.27. The molecule has 2 atom stereocenters. The number of benzene rings is 1. The van der Waals surface area contributed by atoms with Gasteiger partial charge in [-0.25, -0.2) is 0 Å². The SMILES string of the molecule is CC(C)Oc1cc(Br)cc(C(=O)N2CC(C(=O)O)CCC2C)c1. The standard InChI is InChI=1S/C17H22BrNO4/c1-10(2)23-15-7-13(6-14(18)8-15)16(20)19-9-12(17(21)22)5-4-11(19)3/h6-8,10-12H,4-5,9H2,1-3H3,(H,21,22). The lowest BCUT2D eigenvalue weighted by Gasteiger charge is -2.36. The topological polar surface area (TPSA) is 66.8 Å². The van der Waals surface area contributed by atoms with E-state index in [9.17, 15) is 14.7 Å². The number of carboxylic acids is 1. The van der Waals surface area contributed by atoms with Gasteiger partial charge in [0.05, 0.1) is 12.0 Å². The van der Waals surface area contributed by atoms with Gasteiger partial charge in [0.2, 0.25) is 0 Å². The molecular formula is C17H22BrNO4. The van der Waals surface area contributed by atoms with E-state index in [1.807, 2.05) is 26.8 Å². The van der Waals surface area contributed by atoms with Crippen LogP contribution < -0.4 is 4.74 Å². The van der Waals surface area contributed by atoms with Crippen LogP contribution >= 0.6 is 15.9 Å². The quantitative estimate of drug-likeness (QED) is 0.862. The number of piperidine rings is 1. The Morgan fingerprint density at radius 3 is 2.61 bits per heavy atom. The number of ether oxygens (including phenoxy) is 1. The number of hydrogen-bond acceptors (Lipinski definition) is 3. The third-order valence-electron chi connectivity index (χ3n) is 3.98. The van der Waals surface area contributed by atoms with Crippen LogP contribution in [0.5, 0.6) is 5.75 Å². The molecule has 1 aromatic rings. The summed E-state index contributed by atoms with van der Waals surface area (Å²) >= 11 is 3.40. The molecule has 1 N–H and O–H groups in total. The van der Waals surface area contributed by atoms with E-state index in [4.69, 9.17) is 4.74 Å². The summed E-state index contributed by atoms with van der Waals surface area (Å²) in [6.45, 7) is 6.06. The van der Waals surface area contributed by atoms with E-state index in [2.05, 4.69) is 15.9 Å². The van der Waals surface area contributed by atoms with Gasteiger partial charge < -0.3 is 14.7 Å². The molecule has 1 aromatic carbocycles. The summed E-state index contributed by atoms with van der Waals surface area (Å²) < 4.78 is 6.43. The molecule has 0 aromatic heterocycles. The zero-order chi connectivity index (χ0) is 17.1. The molecule has 0 aliphatic carbocycles. The van der Waals surface area contributed by atoms with E-state index in [1.165, 1.54) is 0 Å². The fraction of sp³-hybridized carbons (Fsp3) is 0.529. The predicted octanol–water partition coefficient (Wildman–Crippen LogP) is 3.56. The monoisotopic (exact) mass is 383 g/mol. The Labute approximate surface area is 144 Å². The first-order valence-corrected chi connectivity index (χ1v) is 8.58. The molecule has 0 saturated carbocycles. The van der Waals surface area contributed by atoms with Crippen LogP contribution in [0, 0.1) is 5.92 Å². The van der Waals surface area contributed by atoms with Crippen molar-refractivity contribution in [1.29, 1.82) is 0 Å². The lowest BCUT2D eigenvalue weighted by Crippen LogP contribution is -2.47. The summed E-state index contributed by atoms with van der Waals surface area (Å²) in [6, 6.07) is 5.30. The van der Waals surface area contributed by atoms with Crippen LogP contribution in [0.4, 0.5) is 0 Å². The number of carbonyl (C=O) groups is 2. The van der Waals surface area contributed by atoms with Crippen molar-refractivity contribution < 1.29 is 19.4 Å². The smallest absolute Gasteiger partial charge is 0.308 e. The molecule has 1 saturated heterocycles. The summed E-state index contributed by atoms with van der Waals surface area (Å²) in [5.41, 5.74) is 0.507. The highest BCUT2D eigenvalue weighted by atomic mass is 79.9. The van der Waals surface area contributed by atoms with Crippen molar-refractivity contribution in [2.45, 2.75) is 45.8 Å². The van der Waals surface area contributed by atoms with E-state index in [0.29, 0.717) is 24.2 Å². The van der Waals surface area contributed by atoms with Crippen molar-refractivity contribution in [2.75, 3.05) is 6.54 Å². The molecular weight excluding hydrogens is 362 g/mol. The van der Waals surface area contributed by atoms with Gasteiger partial charge in [-0.15, -0.1) is 0 Å². The van der Waals surface area contributed by atoms with Gasteiger partial charge in [-0.05, 0) is 51.8 Å². The van der Waals surface area contributed by atoms with Crippen LogP contribution in [0.2, 0.25) is 0 Å². The maximum atomic E-state index is 12.8. The van der Waals surface area contributed by atoms with Gasteiger partial charge >= 0.3 is 5.97 Å². The zero-order valence-electron chi connectivity index (χ0n) is 13.6. The van der Waals surface area contributed by atoms with Crippen LogP contribution in [0.1, 0.15) is 44.0 Å². The van der Waals surface area contributed by atoms with Crippen molar-refractivity contribution in [3.63, 3.8) is 0 Å². The molecule has 1 heterocycles. The van der Waals surface area contributed by atoms with E-state index in [0.717, 1.165) is 4.47 Å². The Bertz CT molecular complexity index is 602. The normalized spacial score (nSPS) is 21.3. The van der Waals surface area contributed by atoms with Gasteiger partial charge in [-0.3, -0.25) is 9.59 Å². The minimum absolute atomic E-state index is 0.0116. The summed E-state index contributed by atoms with van der Waals surface area (Å²) in [7, 11) is 0. The number of rotatable bonds is 4. The van der Waals surface area contributed by atoms with Crippen LogP contribution in [0.25, 0.3) is 0 Å². The summed E-state index contributed by atoms with van der Waals surface area (Å²) in [5.74, 6) is -0.864. The third kappa shape index (κ3) is 4.47. The Hall–Kier alpha value is -1.56. The molecule has 0 bridgehead atoms. The average Bonchev–Trinajstić information content (AvgIpc) is 2.45. The molecule has 23 heavy (non-hydrogen) atoms. The molecule has 0 spiro atoms. The molecule has 5 nitrogen and oxygen atoms in total. The Morgan fingerprint density at radius 2 is 2.00 bits per heavy atom. The van der Waals surface area contributed by atoms with Crippen LogP contribution in [0.3, 0.4) is 0 Å². The van der Waals surface area contributed by atoms with Crippen LogP contribution in [-0.4, -0.2) is 40.6 Å². The Kier molecular flexibility index (Phi) is 5.68. The highest BCUT2D eigenvalue weighted by Gasteiger charge is 2.33. The van der Waals surface area contributed by atoms with Crippen LogP contribution in [-0.2, 0) is 4.79 Å². The highest BCUT2D eigenvalue weighted by molar-refractivity contribution is 9.10. The first-order valence-electron chi connectivity index (χ1n) is 7.79. The minimum atomic E-state index is -0.840. The van der Waals surface area contributed by atoms with Crippen LogP contribution in [0.15, 0.2) is 22.7 Å². The zero-order valence-corrected chi connectivity index (χ0v) is 15.2. The second kappa shape index (κ2) is 7.34. The van der Waals surface area contributed by atoms with E-state index in [1.54, 1.807) is 17.0 Å². The van der Waals surface area contributed by atoms with Crippen molar-refractivity contribution in [2.24, 2.45) is 5.92 Å². The molecule has 1 aliphatic heterocycles. The van der Waals surface area contributed by atoms with Gasteiger partial charge in [0.15, 0.2) is 0 Å². The average molecular weight is 384 g/mol. The van der Waals surface area contributed by atoms with E-state index < -0.39 is 11.9 Å². The Balaban J connectivity index is 2.24. The molecule has 1 amide bonds. The minimum Gasteiger partial charge on any atom is -0.491 e. The largest absolute Gasteiger partial charge is 0.491 e. The number of carboxylic acid groups (broad SMARTS) is 1. The lowest BCUT2D eigenvalue weighted by molar-refractivity contribution is -0.143. The van der Waals surface area contributed by atoms with Gasteiger partial charge in [0, 0.05) is 22.6 Å². The number of halogens is 1. The second-order valence-electron chi connectivity index (χ2n) is 6.26. The fourth-order valence-electron chi connectivity index (χ4n) is 2.78. The van der Waals surface area contributed by atoms with Crippen molar-refractivity contribution in [3.8, 4) is 5.75 Å². The molecule has 2 unspecified atom stereocenters. The number of likely N-dealkylation sites (tertiary alicyclic amines) is 1. The summed E-state index contributed by atoms with van der Waals surface area (Å²) in [4.78, 5) is 25.7.